The topological polar surface area (TPSA) is 219 Å². The molecule has 0 unspecified atom stereocenters. The van der Waals surface area contributed by atoms with Gasteiger partial charge < -0.3 is 40.4 Å². The average molecular weight is 794 g/mol. The number of rotatable bonds is 17. The number of carboxylic acid groups (broad SMARTS) is 2. The van der Waals surface area contributed by atoms with Gasteiger partial charge in [0.15, 0.2) is 0 Å². The molecule has 2 fully saturated rings. The third-order valence-electron chi connectivity index (χ3n) is 10.7. The SMILES string of the molecule is CCCC(=O)C1(C(=O)C[C@@H](CCCCN)C(=O)Nc2ccc(COC(=O)N3CCN(c4cc5c(cc4F)c(=O)c(C(=O)O)cn5CC)CC3)cc2)CCC1.O=CO. The number of nitrogens with two attached hydrogens (primary N) is 1. The Morgan fingerprint density at radius 3 is 2.25 bits per heavy atom. The molecule has 0 spiro atoms. The van der Waals surface area contributed by atoms with Crippen LogP contribution in [0.3, 0.4) is 0 Å². The molecule has 15 nitrogen and oxygen atoms in total. The van der Waals surface area contributed by atoms with Crippen molar-refractivity contribution in [3.63, 3.8) is 0 Å². The minimum absolute atomic E-state index is 0.0104. The number of fused-ring (bicyclic) bond motifs is 1. The first-order chi connectivity index (χ1) is 27.3. The Kier molecular flexibility index (Phi) is 15.9. The summed E-state index contributed by atoms with van der Waals surface area (Å²) in [6.45, 7) is 5.47. The van der Waals surface area contributed by atoms with E-state index in [0.29, 0.717) is 81.5 Å². The number of carbonyl (C=O) groups is 6. The van der Waals surface area contributed by atoms with E-state index in [2.05, 4.69) is 5.32 Å². The Morgan fingerprint density at radius 1 is 1.02 bits per heavy atom. The number of Topliss-reactive ketones (excluding diaryl/α,β-unsaturated/α-hetero) is 2. The number of hydrogen-bond donors (Lipinski definition) is 4. The molecule has 0 radical (unpaired) electrons. The molecule has 5 rings (SSSR count). The number of aromatic nitrogens is 1. The second kappa shape index (κ2) is 20.5. The van der Waals surface area contributed by atoms with Crippen molar-refractivity contribution in [1.29, 1.82) is 0 Å². The predicted octanol–water partition coefficient (Wildman–Crippen LogP) is 5.20. The summed E-state index contributed by atoms with van der Waals surface area (Å²) in [5.74, 6) is -3.05. The minimum atomic E-state index is -1.37. The van der Waals surface area contributed by atoms with Gasteiger partial charge in [-0.1, -0.05) is 31.9 Å². The van der Waals surface area contributed by atoms with Crippen molar-refractivity contribution < 1.29 is 48.1 Å². The number of ketones is 2. The fourth-order valence-corrected chi connectivity index (χ4v) is 7.34. The number of nitrogens with zero attached hydrogens (tertiary/aromatic N) is 3. The van der Waals surface area contributed by atoms with Crippen molar-refractivity contribution in [3.8, 4) is 0 Å². The molecule has 1 aliphatic heterocycles. The Hall–Kier alpha value is -5.64. The van der Waals surface area contributed by atoms with Crippen LogP contribution in [-0.2, 0) is 37.1 Å². The van der Waals surface area contributed by atoms with E-state index >= 15 is 4.39 Å². The maximum Gasteiger partial charge on any atom is 0.410 e. The van der Waals surface area contributed by atoms with Crippen molar-refractivity contribution in [1.82, 2.24) is 9.47 Å². The fraction of sp³-hybridized carbons (Fsp3) is 0.488. The van der Waals surface area contributed by atoms with E-state index in [4.69, 9.17) is 20.4 Å². The van der Waals surface area contributed by atoms with E-state index in [1.807, 2.05) is 6.92 Å². The van der Waals surface area contributed by atoms with Gasteiger partial charge in [0.1, 0.15) is 29.6 Å². The number of ether oxygens (including phenoxy) is 1. The van der Waals surface area contributed by atoms with Gasteiger partial charge in [0.05, 0.1) is 16.6 Å². The fourth-order valence-electron chi connectivity index (χ4n) is 7.34. The van der Waals surface area contributed by atoms with E-state index in [-0.39, 0.29) is 61.1 Å². The van der Waals surface area contributed by atoms with E-state index < -0.39 is 40.2 Å². The molecule has 3 aromatic rings. The van der Waals surface area contributed by atoms with Crippen molar-refractivity contribution >= 4 is 58.3 Å². The molecule has 0 bridgehead atoms. The summed E-state index contributed by atoms with van der Waals surface area (Å²) in [6, 6.07) is 9.50. The maximum atomic E-state index is 15.3. The van der Waals surface area contributed by atoms with Gasteiger partial charge in [-0.2, -0.15) is 0 Å². The lowest BCUT2D eigenvalue weighted by atomic mass is 9.61. The molecule has 308 valence electrons. The van der Waals surface area contributed by atoms with Gasteiger partial charge in [0, 0.05) is 68.8 Å². The van der Waals surface area contributed by atoms with Gasteiger partial charge in [-0.15, -0.1) is 0 Å². The molecule has 1 saturated heterocycles. The van der Waals surface area contributed by atoms with Gasteiger partial charge in [-0.05, 0) is 75.4 Å². The number of benzene rings is 2. The number of halogens is 1. The first kappa shape index (κ1) is 44.1. The summed E-state index contributed by atoms with van der Waals surface area (Å²) < 4.78 is 22.4. The summed E-state index contributed by atoms with van der Waals surface area (Å²) in [7, 11) is 0. The van der Waals surface area contributed by atoms with Crippen LogP contribution in [0, 0.1) is 17.2 Å². The molecule has 1 aromatic heterocycles. The number of pyridine rings is 1. The number of aromatic carboxylic acids is 1. The minimum Gasteiger partial charge on any atom is -0.483 e. The first-order valence-electron chi connectivity index (χ1n) is 19.3. The highest BCUT2D eigenvalue weighted by atomic mass is 19.1. The third-order valence-corrected chi connectivity index (χ3v) is 10.7. The lowest BCUT2D eigenvalue weighted by molar-refractivity contribution is -0.148. The zero-order valence-electron chi connectivity index (χ0n) is 32.5. The van der Waals surface area contributed by atoms with E-state index in [1.54, 1.807) is 46.7 Å². The summed E-state index contributed by atoms with van der Waals surface area (Å²) in [6.07, 6.45) is 5.66. The summed E-state index contributed by atoms with van der Waals surface area (Å²) in [5.41, 5.74) is 5.47. The monoisotopic (exact) mass is 793 g/mol. The smallest absolute Gasteiger partial charge is 0.410 e. The normalized spacial score (nSPS) is 15.1. The van der Waals surface area contributed by atoms with Gasteiger partial charge >= 0.3 is 12.1 Å². The molecule has 1 saturated carbocycles. The van der Waals surface area contributed by atoms with Crippen LogP contribution in [0.25, 0.3) is 10.9 Å². The van der Waals surface area contributed by atoms with Crippen molar-refractivity contribution in [3.05, 3.63) is 69.8 Å². The second-order valence-corrected chi connectivity index (χ2v) is 14.3. The number of carboxylic acids is 1. The summed E-state index contributed by atoms with van der Waals surface area (Å²) >= 11 is 0. The molecular formula is C41H52FN5O10. The largest absolute Gasteiger partial charge is 0.483 e. The maximum absolute atomic E-state index is 15.3. The molecule has 2 aromatic carbocycles. The number of unbranched alkanes of at least 4 members (excludes halogenated alkanes) is 1. The molecule has 1 aliphatic carbocycles. The number of aryl methyl sites for hydroxylation is 1. The number of hydrogen-bond acceptors (Lipinski definition) is 10. The molecule has 2 heterocycles. The zero-order valence-corrected chi connectivity index (χ0v) is 32.5. The lowest BCUT2D eigenvalue weighted by Crippen LogP contribution is -2.49. The molecular weight excluding hydrogens is 741 g/mol. The van der Waals surface area contributed by atoms with Crippen molar-refractivity contribution in [2.45, 2.75) is 84.8 Å². The number of amides is 2. The van der Waals surface area contributed by atoms with Gasteiger partial charge in [-0.3, -0.25) is 24.0 Å². The molecule has 16 heteroatoms. The molecule has 1 atom stereocenters. The molecule has 2 aliphatic rings. The predicted molar refractivity (Wildman–Crippen MR) is 211 cm³/mol. The van der Waals surface area contributed by atoms with Crippen LogP contribution in [0.4, 0.5) is 20.6 Å². The van der Waals surface area contributed by atoms with E-state index in [9.17, 15) is 33.9 Å². The van der Waals surface area contributed by atoms with Crippen LogP contribution < -0.4 is 21.4 Å². The Balaban J connectivity index is 0.00000232. The highest BCUT2D eigenvalue weighted by Gasteiger charge is 2.49. The molecule has 57 heavy (non-hydrogen) atoms. The Bertz CT molecular complexity index is 1990. The molecule has 5 N–H and O–H groups in total. The quantitative estimate of drug-likeness (QED) is 0.0788. The van der Waals surface area contributed by atoms with Crippen LogP contribution in [0.5, 0.6) is 0 Å². The lowest BCUT2D eigenvalue weighted by Gasteiger charge is -2.39. The van der Waals surface area contributed by atoms with Crippen molar-refractivity contribution in [2.75, 3.05) is 42.9 Å². The van der Waals surface area contributed by atoms with Gasteiger partial charge in [-0.25, -0.2) is 14.0 Å². The summed E-state index contributed by atoms with van der Waals surface area (Å²) in [4.78, 5) is 88.6. The number of nitrogens with one attached hydrogen (secondary N) is 1. The highest BCUT2D eigenvalue weighted by molar-refractivity contribution is 6.09. The number of piperazine rings is 1. The third kappa shape index (κ3) is 10.6. The summed E-state index contributed by atoms with van der Waals surface area (Å²) in [5, 5.41) is 19.2. The van der Waals surface area contributed by atoms with Gasteiger partial charge in [0.2, 0.25) is 11.3 Å². The number of anilines is 2. The average Bonchev–Trinajstić information content (AvgIpc) is 3.17. The van der Waals surface area contributed by atoms with Crippen LogP contribution in [0.2, 0.25) is 0 Å². The van der Waals surface area contributed by atoms with E-state index in [0.717, 1.165) is 18.9 Å². The Morgan fingerprint density at radius 2 is 1.68 bits per heavy atom. The van der Waals surface area contributed by atoms with Crippen LogP contribution in [0.15, 0.2) is 47.4 Å². The second-order valence-electron chi connectivity index (χ2n) is 14.3. The molecule has 2 amide bonds. The highest BCUT2D eigenvalue weighted by Crippen LogP contribution is 2.45. The van der Waals surface area contributed by atoms with Crippen LogP contribution in [-0.4, -0.2) is 88.4 Å². The van der Waals surface area contributed by atoms with E-state index in [1.165, 1.54) is 11.1 Å². The number of carbonyl (C=O) groups excluding carboxylic acids is 4. The first-order valence-corrected chi connectivity index (χ1v) is 19.3. The van der Waals surface area contributed by atoms with Crippen LogP contribution in [0.1, 0.15) is 87.6 Å². The standard InChI is InChI=1S/C40H50FN5O8.CH2O2/c1-3-8-34(47)40(14-7-15-40)35(48)21-27(9-5-6-16-42)37(50)43-28-12-10-26(11-13-28)25-54-39(53)46-19-17-45(18-20-46)33-23-32-29(22-31(33)41)36(49)30(38(51)52)24-44(32)4-2;2-1-3/h10-13,22-24,27H,3-9,14-21,25,42H2,1-2H3,(H,43,50)(H,51,52);1H,(H,2,3)/t27-;/m1./s1. The van der Waals surface area contributed by atoms with Crippen LogP contribution >= 0.6 is 0 Å². The Labute approximate surface area is 329 Å². The van der Waals surface area contributed by atoms with Gasteiger partial charge in [0.25, 0.3) is 6.47 Å². The zero-order chi connectivity index (χ0) is 41.7. The van der Waals surface area contributed by atoms with Crippen molar-refractivity contribution in [2.24, 2.45) is 17.1 Å².